The lowest BCUT2D eigenvalue weighted by atomic mass is 9.48. The Morgan fingerprint density at radius 1 is 1.42 bits per heavy atom. The van der Waals surface area contributed by atoms with Crippen LogP contribution in [0.25, 0.3) is 0 Å². The van der Waals surface area contributed by atoms with E-state index in [2.05, 4.69) is 13.8 Å². The molecule has 1 spiro atoms. The predicted molar refractivity (Wildman–Crippen MR) is 93.1 cm³/mol. The summed E-state index contributed by atoms with van der Waals surface area (Å²) in [7, 11) is 0. The molecule has 5 heteroatoms. The third-order valence-electron chi connectivity index (χ3n) is 8.27. The van der Waals surface area contributed by atoms with Gasteiger partial charge in [-0.3, -0.25) is 9.59 Å². The topological polar surface area (TPSA) is 87.1 Å². The van der Waals surface area contributed by atoms with Crippen LogP contribution in [0.2, 0.25) is 0 Å². The number of hydrogen-bond acceptors (Lipinski definition) is 5. The summed E-state index contributed by atoms with van der Waals surface area (Å²) in [6.07, 6.45) is 7.72. The van der Waals surface area contributed by atoms with Gasteiger partial charge in [-0.2, -0.15) is 0 Å². The molecule has 1 heterocycles. The molecular weight excluding hydrogens is 332 g/mol. The molecule has 2 N–H and O–H groups in total. The number of allylic oxidation sites excluding steroid dienone is 4. The molecule has 140 valence electrons. The van der Waals surface area contributed by atoms with E-state index >= 15 is 0 Å². The highest BCUT2D eigenvalue weighted by atomic mass is 16.6. The molecule has 26 heavy (non-hydrogen) atoms. The van der Waals surface area contributed by atoms with Gasteiger partial charge in [-0.15, -0.1) is 0 Å². The molecule has 0 aromatic carbocycles. The number of epoxide rings is 1. The van der Waals surface area contributed by atoms with Gasteiger partial charge in [0.05, 0.1) is 6.10 Å². The molecule has 0 amide bonds. The smallest absolute Gasteiger partial charge is 0.192 e. The van der Waals surface area contributed by atoms with Crippen molar-refractivity contribution in [2.24, 2.45) is 29.1 Å². The lowest BCUT2D eigenvalue weighted by molar-refractivity contribution is -0.127. The van der Waals surface area contributed by atoms with Gasteiger partial charge in [0.15, 0.2) is 17.2 Å². The molecule has 1 saturated heterocycles. The first-order valence-electron chi connectivity index (χ1n) is 9.77. The summed E-state index contributed by atoms with van der Waals surface area (Å²) in [6.45, 7) is 3.81. The Bertz CT molecular complexity index is 768. The Morgan fingerprint density at radius 2 is 2.19 bits per heavy atom. The van der Waals surface area contributed by atoms with Crippen molar-refractivity contribution in [3.63, 3.8) is 0 Å². The summed E-state index contributed by atoms with van der Waals surface area (Å²) in [5.74, 6) is 0.588. The number of hydrogen-bond donors (Lipinski definition) is 2. The molecule has 1 aliphatic heterocycles. The molecule has 0 aromatic rings. The molecular formula is C21H26O5. The zero-order valence-electron chi connectivity index (χ0n) is 15.3. The summed E-state index contributed by atoms with van der Waals surface area (Å²) in [6, 6.07) is 0. The van der Waals surface area contributed by atoms with Crippen LogP contribution in [0.5, 0.6) is 0 Å². The maximum atomic E-state index is 12.4. The molecule has 5 rings (SSSR count). The average molecular weight is 358 g/mol. The van der Waals surface area contributed by atoms with Gasteiger partial charge in [-0.05, 0) is 49.2 Å². The second-order valence-corrected chi connectivity index (χ2v) is 9.26. The van der Waals surface area contributed by atoms with Gasteiger partial charge in [-0.25, -0.2) is 0 Å². The highest BCUT2D eigenvalue weighted by Crippen LogP contribution is 2.73. The van der Waals surface area contributed by atoms with Crippen molar-refractivity contribution >= 4 is 11.6 Å². The lowest BCUT2D eigenvalue weighted by Gasteiger charge is -2.57. The normalized spacial score (nSPS) is 53.9. The van der Waals surface area contributed by atoms with E-state index in [0.29, 0.717) is 12.8 Å². The van der Waals surface area contributed by atoms with Gasteiger partial charge in [0.1, 0.15) is 12.2 Å². The molecule has 4 fully saturated rings. The van der Waals surface area contributed by atoms with E-state index in [9.17, 15) is 19.8 Å². The SMILES string of the molecule is C[C@H]1C[C@@H]2[C@H]([C@@H](O)C[C@]34O[C@]3(C(=O)CO)CC[C@@H]24)[C@@]2(C)C=CC(=O)C=C12. The highest BCUT2D eigenvalue weighted by molar-refractivity contribution is 6.01. The number of carbonyl (C=O) groups is 2. The number of aliphatic hydroxyl groups excluding tert-OH is 2. The first-order valence-corrected chi connectivity index (χ1v) is 9.77. The lowest BCUT2D eigenvalue weighted by Crippen LogP contribution is -2.57. The van der Waals surface area contributed by atoms with Crippen molar-refractivity contribution in [2.45, 2.75) is 56.8 Å². The van der Waals surface area contributed by atoms with Crippen molar-refractivity contribution in [1.82, 2.24) is 0 Å². The molecule has 0 radical (unpaired) electrons. The predicted octanol–water partition coefficient (Wildman–Crippen LogP) is 1.57. The fraction of sp³-hybridized carbons (Fsp3) is 0.714. The van der Waals surface area contributed by atoms with E-state index in [0.717, 1.165) is 18.4 Å². The minimum Gasteiger partial charge on any atom is -0.393 e. The third-order valence-corrected chi connectivity index (χ3v) is 8.27. The summed E-state index contributed by atoms with van der Waals surface area (Å²) in [5, 5.41) is 20.6. The molecule has 3 saturated carbocycles. The number of ether oxygens (including phenoxy) is 1. The second-order valence-electron chi connectivity index (χ2n) is 9.26. The van der Waals surface area contributed by atoms with Gasteiger partial charge in [0.25, 0.3) is 0 Å². The first-order chi connectivity index (χ1) is 12.3. The molecule has 0 unspecified atom stereocenters. The highest BCUT2D eigenvalue weighted by Gasteiger charge is 2.83. The summed E-state index contributed by atoms with van der Waals surface area (Å²) < 4.78 is 6.07. The summed E-state index contributed by atoms with van der Waals surface area (Å²) in [5.41, 5.74) is -0.637. The van der Waals surface area contributed by atoms with Gasteiger partial charge in [0, 0.05) is 17.8 Å². The second kappa shape index (κ2) is 4.94. The van der Waals surface area contributed by atoms with Gasteiger partial charge in [-0.1, -0.05) is 25.5 Å². The fourth-order valence-electron chi connectivity index (χ4n) is 7.34. The number of carbonyl (C=O) groups excluding carboxylic acids is 2. The van der Waals surface area contributed by atoms with Crippen molar-refractivity contribution in [3.8, 4) is 0 Å². The molecule has 5 aliphatic rings. The fourth-order valence-corrected chi connectivity index (χ4v) is 7.34. The average Bonchev–Trinajstić information content (AvgIpc) is 3.12. The van der Waals surface area contributed by atoms with Gasteiger partial charge >= 0.3 is 0 Å². The van der Waals surface area contributed by atoms with E-state index in [4.69, 9.17) is 4.74 Å². The molecule has 0 aromatic heterocycles. The first kappa shape index (κ1) is 16.8. The summed E-state index contributed by atoms with van der Waals surface area (Å²) in [4.78, 5) is 24.3. The monoisotopic (exact) mass is 358 g/mol. The van der Waals surface area contributed by atoms with E-state index in [1.54, 1.807) is 12.2 Å². The Labute approximate surface area is 153 Å². The standard InChI is InChI=1S/C21H26O5/c1-11-7-13-14-4-6-20(17(25)10-22)21(14,26-20)9-16(24)18(13)19(2)5-3-12(23)8-15(11)19/h3,5,8,11,13-14,16,18,22,24H,4,6-7,9-10H2,1-2H3/t11-,13-,14-,16-,18+,19-,20-,21+/m0/s1. The quantitative estimate of drug-likeness (QED) is 0.732. The maximum Gasteiger partial charge on any atom is 0.192 e. The third kappa shape index (κ3) is 1.73. The van der Waals surface area contributed by atoms with Crippen LogP contribution in [0.4, 0.5) is 0 Å². The van der Waals surface area contributed by atoms with Crippen molar-refractivity contribution in [3.05, 3.63) is 23.8 Å². The number of ketones is 2. The number of Topliss-reactive ketones (excluding diaryl/α,β-unsaturated/α-hetero) is 1. The molecule has 4 aliphatic carbocycles. The van der Waals surface area contributed by atoms with Crippen molar-refractivity contribution < 1.29 is 24.5 Å². The number of aliphatic hydroxyl groups is 2. The van der Waals surface area contributed by atoms with Crippen LogP contribution >= 0.6 is 0 Å². The van der Waals surface area contributed by atoms with E-state index in [1.165, 1.54) is 0 Å². The van der Waals surface area contributed by atoms with Crippen molar-refractivity contribution in [1.29, 1.82) is 0 Å². The number of fused-ring (bicyclic) bond motifs is 4. The molecule has 0 bridgehead atoms. The zero-order valence-corrected chi connectivity index (χ0v) is 15.3. The van der Waals surface area contributed by atoms with E-state index in [1.807, 2.05) is 6.08 Å². The Morgan fingerprint density at radius 3 is 2.92 bits per heavy atom. The minimum atomic E-state index is -0.864. The zero-order chi connectivity index (χ0) is 18.5. The Balaban J connectivity index is 1.56. The van der Waals surface area contributed by atoms with Crippen LogP contribution in [-0.4, -0.2) is 45.7 Å². The summed E-state index contributed by atoms with van der Waals surface area (Å²) >= 11 is 0. The largest absolute Gasteiger partial charge is 0.393 e. The number of rotatable bonds is 2. The van der Waals surface area contributed by atoms with Crippen LogP contribution in [0, 0.1) is 29.1 Å². The Hall–Kier alpha value is -1.30. The maximum absolute atomic E-state index is 12.4. The Kier molecular flexibility index (Phi) is 3.20. The minimum absolute atomic E-state index is 0.0310. The van der Waals surface area contributed by atoms with Crippen LogP contribution in [0.1, 0.15) is 39.5 Å². The molecule has 5 nitrogen and oxygen atoms in total. The van der Waals surface area contributed by atoms with Gasteiger partial charge in [0.2, 0.25) is 0 Å². The van der Waals surface area contributed by atoms with Gasteiger partial charge < -0.3 is 14.9 Å². The van der Waals surface area contributed by atoms with E-state index in [-0.39, 0.29) is 40.7 Å². The van der Waals surface area contributed by atoms with Crippen LogP contribution in [0.15, 0.2) is 23.8 Å². The molecule has 8 atom stereocenters. The van der Waals surface area contributed by atoms with Crippen LogP contribution < -0.4 is 0 Å². The van der Waals surface area contributed by atoms with Crippen molar-refractivity contribution in [2.75, 3.05) is 6.61 Å². The van der Waals surface area contributed by atoms with Crippen LogP contribution in [-0.2, 0) is 14.3 Å². The van der Waals surface area contributed by atoms with Crippen LogP contribution in [0.3, 0.4) is 0 Å². The van der Waals surface area contributed by atoms with E-state index < -0.39 is 23.9 Å².